The number of nitrogens with zero attached hydrogens (tertiary/aromatic N) is 2. The molecule has 13 rings (SSSR count). The molecule has 0 fully saturated rings. The Labute approximate surface area is 371 Å². The Morgan fingerprint density at radius 3 is 1.75 bits per heavy atom. The van der Waals surface area contributed by atoms with E-state index in [0.717, 1.165) is 34.2 Å². The Kier molecular flexibility index (Phi) is 8.19. The van der Waals surface area contributed by atoms with Crippen molar-refractivity contribution in [3.8, 4) is 56.0 Å². The molecule has 1 spiro atoms. The maximum absolute atomic E-state index is 6.61. The summed E-state index contributed by atoms with van der Waals surface area (Å²) in [6, 6.07) is 78.8. The van der Waals surface area contributed by atoms with E-state index in [0.29, 0.717) is 0 Å². The molecule has 63 heavy (non-hydrogen) atoms. The van der Waals surface area contributed by atoms with Crippen molar-refractivity contribution in [3.05, 3.63) is 257 Å². The van der Waals surface area contributed by atoms with E-state index in [1.165, 1.54) is 77.2 Å². The number of rotatable bonds is 5. The smallest absolute Gasteiger partial charge is 0.155 e. The van der Waals surface area contributed by atoms with Crippen LogP contribution in [-0.4, -0.2) is 16.8 Å². The summed E-state index contributed by atoms with van der Waals surface area (Å²) in [5.41, 5.74) is 18.5. The van der Waals surface area contributed by atoms with Crippen molar-refractivity contribution in [1.29, 1.82) is 0 Å². The van der Waals surface area contributed by atoms with Gasteiger partial charge in [0.05, 0.1) is 22.4 Å². The zero-order chi connectivity index (χ0) is 41.5. The standard InChI is InChI=1S/C59H38N2OS/c1-2-15-37(16-3-1)38-29-31-39(32-30-38)58-60-55(57-56(61-58)47-22-7-13-28-54(47)63-57)46-21-5-4-19-43(46)42-18-14-17-40(35-42)41-33-34-45-44-20-6-8-23-48(44)59(51(45)36-41)49-24-9-11-26-52(49)62-53-27-12-10-25-50(53)59/h1-36,55,57H. The largest absolute Gasteiger partial charge is 0.457 e. The van der Waals surface area contributed by atoms with Gasteiger partial charge in [-0.15, -0.1) is 11.8 Å². The summed E-state index contributed by atoms with van der Waals surface area (Å²) in [6.07, 6.45) is 0. The molecule has 0 radical (unpaired) electrons. The molecule has 3 nitrogen and oxygen atoms in total. The highest BCUT2D eigenvalue weighted by molar-refractivity contribution is 8.01. The van der Waals surface area contributed by atoms with E-state index >= 15 is 0 Å². The minimum atomic E-state index is -0.522. The predicted molar refractivity (Wildman–Crippen MR) is 258 cm³/mol. The molecule has 0 saturated carbocycles. The third-order valence-electron chi connectivity index (χ3n) is 13.3. The Morgan fingerprint density at radius 2 is 0.952 bits per heavy atom. The van der Waals surface area contributed by atoms with Crippen LogP contribution in [-0.2, 0) is 5.41 Å². The molecule has 2 atom stereocenters. The molecule has 0 saturated heterocycles. The van der Waals surface area contributed by atoms with Crippen molar-refractivity contribution >= 4 is 23.3 Å². The molecule has 3 aliphatic heterocycles. The van der Waals surface area contributed by atoms with E-state index in [9.17, 15) is 0 Å². The molecule has 296 valence electrons. The van der Waals surface area contributed by atoms with Crippen LogP contribution in [0.2, 0.25) is 0 Å². The summed E-state index contributed by atoms with van der Waals surface area (Å²) >= 11 is 1.88. The van der Waals surface area contributed by atoms with Gasteiger partial charge in [0.2, 0.25) is 0 Å². The Balaban J connectivity index is 0.931. The second-order valence-electron chi connectivity index (χ2n) is 16.7. The van der Waals surface area contributed by atoms with Crippen molar-refractivity contribution in [2.24, 2.45) is 9.98 Å². The lowest BCUT2D eigenvalue weighted by Gasteiger charge is -2.39. The summed E-state index contributed by atoms with van der Waals surface area (Å²) in [5, 5.41) is 0.0545. The highest BCUT2D eigenvalue weighted by Crippen LogP contribution is 2.62. The first kappa shape index (κ1) is 36.2. The quantitative estimate of drug-likeness (QED) is 0.173. The lowest BCUT2D eigenvalue weighted by atomic mass is 9.66. The Morgan fingerprint density at radius 1 is 0.397 bits per heavy atom. The summed E-state index contributed by atoms with van der Waals surface area (Å²) in [5.74, 6) is 2.57. The highest BCUT2D eigenvalue weighted by atomic mass is 32.2. The molecule has 3 heterocycles. The first-order valence-corrected chi connectivity index (χ1v) is 22.5. The second kappa shape index (κ2) is 14.3. The number of fused-ring (bicyclic) bond motifs is 12. The fraction of sp³-hybridized carbons (Fsp3) is 0.0508. The summed E-state index contributed by atoms with van der Waals surface area (Å²) in [7, 11) is 0. The maximum Gasteiger partial charge on any atom is 0.155 e. The topological polar surface area (TPSA) is 34.0 Å². The third-order valence-corrected chi connectivity index (χ3v) is 14.7. The van der Waals surface area contributed by atoms with Gasteiger partial charge in [-0.2, -0.15) is 0 Å². The molecular weight excluding hydrogens is 785 g/mol. The monoisotopic (exact) mass is 822 g/mol. The minimum Gasteiger partial charge on any atom is -0.457 e. The highest BCUT2D eigenvalue weighted by Gasteiger charge is 2.51. The van der Waals surface area contributed by atoms with Gasteiger partial charge in [-0.3, -0.25) is 4.99 Å². The van der Waals surface area contributed by atoms with Gasteiger partial charge in [0.25, 0.3) is 0 Å². The van der Waals surface area contributed by atoms with Crippen LogP contribution in [0, 0.1) is 0 Å². The third kappa shape index (κ3) is 5.54. The van der Waals surface area contributed by atoms with Crippen LogP contribution in [0.4, 0.5) is 0 Å². The van der Waals surface area contributed by atoms with Gasteiger partial charge in [0, 0.05) is 27.1 Å². The number of hydrogen-bond acceptors (Lipinski definition) is 4. The van der Waals surface area contributed by atoms with Crippen molar-refractivity contribution in [2.75, 3.05) is 0 Å². The van der Waals surface area contributed by atoms with E-state index in [2.05, 4.69) is 218 Å². The van der Waals surface area contributed by atoms with Gasteiger partial charge < -0.3 is 4.74 Å². The average molecular weight is 823 g/mol. The van der Waals surface area contributed by atoms with Crippen LogP contribution in [0.25, 0.3) is 44.5 Å². The van der Waals surface area contributed by atoms with E-state index in [1.54, 1.807) is 0 Å². The fourth-order valence-electron chi connectivity index (χ4n) is 10.5. The summed E-state index contributed by atoms with van der Waals surface area (Å²) in [6.45, 7) is 0. The van der Waals surface area contributed by atoms with Gasteiger partial charge in [-0.1, -0.05) is 188 Å². The number of amidine groups is 1. The van der Waals surface area contributed by atoms with Gasteiger partial charge in [0.1, 0.15) is 11.5 Å². The molecule has 9 aromatic rings. The Bertz CT molecular complexity index is 3320. The number of ether oxygens (including phenoxy) is 1. The maximum atomic E-state index is 6.61. The average Bonchev–Trinajstić information content (AvgIpc) is 3.88. The molecular formula is C59H38N2OS. The summed E-state index contributed by atoms with van der Waals surface area (Å²) in [4.78, 5) is 12.2. The fourth-order valence-corrected chi connectivity index (χ4v) is 11.9. The molecule has 0 bridgehead atoms. The van der Waals surface area contributed by atoms with Crippen molar-refractivity contribution in [3.63, 3.8) is 0 Å². The number of aliphatic imine (C=N–C) groups is 2. The SMILES string of the molecule is c1ccc(-c2ccc(C3=NC(c4ccccc4-c4cccc(-c5ccc6c(c5)C5(c7ccccc7Oc7ccccc75)c5ccccc5-6)c4)C4Sc5ccccc5C4=N3)cc2)cc1. The van der Waals surface area contributed by atoms with Crippen molar-refractivity contribution in [1.82, 2.24) is 0 Å². The lowest BCUT2D eigenvalue weighted by Crippen LogP contribution is -2.32. The molecule has 9 aromatic carbocycles. The number of hydrogen-bond donors (Lipinski definition) is 0. The van der Waals surface area contributed by atoms with Crippen LogP contribution in [0.1, 0.15) is 45.0 Å². The normalized spacial score (nSPS) is 17.0. The zero-order valence-electron chi connectivity index (χ0n) is 34.2. The molecule has 4 heteroatoms. The Hall–Kier alpha value is -7.53. The van der Waals surface area contributed by atoms with E-state index in [-0.39, 0.29) is 11.3 Å². The van der Waals surface area contributed by atoms with Crippen LogP contribution in [0.15, 0.2) is 233 Å². The predicted octanol–water partition coefficient (Wildman–Crippen LogP) is 14.6. The number of para-hydroxylation sites is 2. The van der Waals surface area contributed by atoms with Crippen molar-refractivity contribution in [2.45, 2.75) is 21.6 Å². The van der Waals surface area contributed by atoms with E-state index < -0.39 is 5.41 Å². The molecule has 0 aromatic heterocycles. The molecule has 0 amide bonds. The van der Waals surface area contributed by atoms with Gasteiger partial charge in [-0.05, 0) is 91.5 Å². The molecule has 1 aliphatic carbocycles. The molecule has 4 aliphatic rings. The van der Waals surface area contributed by atoms with E-state index in [4.69, 9.17) is 14.7 Å². The van der Waals surface area contributed by atoms with Crippen LogP contribution >= 0.6 is 11.8 Å². The van der Waals surface area contributed by atoms with Crippen LogP contribution in [0.5, 0.6) is 11.5 Å². The van der Waals surface area contributed by atoms with Crippen LogP contribution in [0.3, 0.4) is 0 Å². The van der Waals surface area contributed by atoms with E-state index in [1.807, 2.05) is 11.8 Å². The van der Waals surface area contributed by atoms with Gasteiger partial charge >= 0.3 is 0 Å². The van der Waals surface area contributed by atoms with Crippen molar-refractivity contribution < 1.29 is 4.74 Å². The van der Waals surface area contributed by atoms with Crippen LogP contribution < -0.4 is 4.74 Å². The summed E-state index contributed by atoms with van der Waals surface area (Å²) < 4.78 is 6.61. The number of benzene rings is 9. The zero-order valence-corrected chi connectivity index (χ0v) is 35.0. The number of thioether (sulfide) groups is 1. The first-order chi connectivity index (χ1) is 31.2. The minimum absolute atomic E-state index is 0.0545. The molecule has 2 unspecified atom stereocenters. The first-order valence-electron chi connectivity index (χ1n) is 21.6. The lowest BCUT2D eigenvalue weighted by molar-refractivity contribution is 0.436. The molecule has 0 N–H and O–H groups in total. The second-order valence-corrected chi connectivity index (χ2v) is 17.9. The van der Waals surface area contributed by atoms with Gasteiger partial charge in [0.15, 0.2) is 5.84 Å². The van der Waals surface area contributed by atoms with Gasteiger partial charge in [-0.25, -0.2) is 4.99 Å².